The number of hydrogen-bond acceptors (Lipinski definition) is 5. The Hall–Kier alpha value is -0.750. The van der Waals surface area contributed by atoms with Crippen molar-refractivity contribution >= 4 is 30.1 Å². The molecule has 2 rings (SSSR count). The fourth-order valence-electron chi connectivity index (χ4n) is 3.08. The number of ether oxygens (including phenoxy) is 1. The molecule has 1 heterocycles. The van der Waals surface area contributed by atoms with Crippen LogP contribution in [0.15, 0.2) is 30.3 Å². The van der Waals surface area contributed by atoms with Crippen LogP contribution in [0.1, 0.15) is 44.8 Å². The van der Waals surface area contributed by atoms with E-state index < -0.39 is 11.7 Å². The lowest BCUT2D eigenvalue weighted by atomic mass is 9.86. The molecule has 1 aliphatic rings. The summed E-state index contributed by atoms with van der Waals surface area (Å²) >= 11 is 1.84. The molecule has 0 radical (unpaired) electrons. The van der Waals surface area contributed by atoms with Crippen LogP contribution in [-0.2, 0) is 9.53 Å². The van der Waals surface area contributed by atoms with Gasteiger partial charge in [0.2, 0.25) is 0 Å². The zero-order valence-corrected chi connectivity index (χ0v) is 16.8. The molecule has 1 fully saturated rings. The second kappa shape index (κ2) is 11.1. The Morgan fingerprint density at radius 3 is 2.40 bits per heavy atom. The van der Waals surface area contributed by atoms with E-state index >= 15 is 0 Å². The average Bonchev–Trinajstić information content (AvgIpc) is 2.62. The van der Waals surface area contributed by atoms with Crippen molar-refractivity contribution in [2.45, 2.75) is 44.8 Å². The van der Waals surface area contributed by atoms with Crippen LogP contribution < -0.4 is 0 Å². The van der Waals surface area contributed by atoms with Gasteiger partial charge in [-0.05, 0) is 43.0 Å². The van der Waals surface area contributed by atoms with Crippen LogP contribution >= 0.6 is 24.2 Å². The van der Waals surface area contributed by atoms with Crippen LogP contribution in [0.5, 0.6) is 0 Å². The van der Waals surface area contributed by atoms with E-state index in [0.717, 1.165) is 30.2 Å². The van der Waals surface area contributed by atoms with E-state index in [0.29, 0.717) is 25.8 Å². The number of hydrogen-bond donors (Lipinski definition) is 1. The highest BCUT2D eigenvalue weighted by Gasteiger charge is 2.41. The first-order valence-electron chi connectivity index (χ1n) is 8.86. The number of carbonyl (C=O) groups excluding carboxylic acids is 1. The summed E-state index contributed by atoms with van der Waals surface area (Å²) in [5.41, 5.74) is -0.0830. The Kier molecular flexibility index (Phi) is 9.87. The molecule has 0 aromatic heterocycles. The molecule has 0 saturated carbocycles. The molecule has 1 unspecified atom stereocenters. The maximum absolute atomic E-state index is 12.4. The Morgan fingerprint density at radius 2 is 1.84 bits per heavy atom. The predicted octanol–water partition coefficient (Wildman–Crippen LogP) is 3.68. The van der Waals surface area contributed by atoms with Gasteiger partial charge in [0.05, 0.1) is 6.42 Å². The summed E-state index contributed by atoms with van der Waals surface area (Å²) in [6.07, 6.45) is 1.08. The minimum Gasteiger partial charge on any atom is -0.454 e. The maximum Gasteiger partial charge on any atom is 0.307 e. The van der Waals surface area contributed by atoms with Crippen LogP contribution in [0.2, 0.25) is 0 Å². The van der Waals surface area contributed by atoms with Gasteiger partial charge in [-0.15, -0.1) is 12.4 Å². The molecule has 1 aliphatic heterocycles. The van der Waals surface area contributed by atoms with Crippen molar-refractivity contribution in [1.29, 1.82) is 0 Å². The molecule has 25 heavy (non-hydrogen) atoms. The topological polar surface area (TPSA) is 49.8 Å². The van der Waals surface area contributed by atoms with E-state index in [1.807, 2.05) is 42.1 Å². The van der Waals surface area contributed by atoms with Crippen molar-refractivity contribution < 1.29 is 14.6 Å². The first-order chi connectivity index (χ1) is 11.6. The highest BCUT2D eigenvalue weighted by Crippen LogP contribution is 2.39. The predicted molar refractivity (Wildman–Crippen MR) is 106 cm³/mol. The van der Waals surface area contributed by atoms with Crippen molar-refractivity contribution in [1.82, 2.24) is 4.90 Å². The minimum absolute atomic E-state index is 0. The number of esters is 1. The van der Waals surface area contributed by atoms with Gasteiger partial charge in [0, 0.05) is 6.54 Å². The van der Waals surface area contributed by atoms with Gasteiger partial charge < -0.3 is 14.7 Å². The molecule has 1 atom stereocenters. The van der Waals surface area contributed by atoms with Crippen molar-refractivity contribution in [2.24, 2.45) is 0 Å². The van der Waals surface area contributed by atoms with Gasteiger partial charge in [-0.1, -0.05) is 44.2 Å². The summed E-state index contributed by atoms with van der Waals surface area (Å²) in [5, 5.41) is 11.1. The Bertz CT molecular complexity index is 505. The molecule has 1 aromatic carbocycles. The lowest BCUT2D eigenvalue weighted by Gasteiger charge is -2.38. The van der Waals surface area contributed by atoms with E-state index in [-0.39, 0.29) is 18.4 Å². The summed E-state index contributed by atoms with van der Waals surface area (Å²) in [6.45, 7) is 6.72. The fraction of sp³-hybridized carbons (Fsp3) is 0.632. The summed E-state index contributed by atoms with van der Waals surface area (Å²) < 4.78 is 5.79. The molecule has 1 saturated heterocycles. The normalized spacial score (nSPS) is 17.6. The number of aliphatic hydroxyl groups is 1. The van der Waals surface area contributed by atoms with Crippen molar-refractivity contribution in [3.05, 3.63) is 35.9 Å². The van der Waals surface area contributed by atoms with Gasteiger partial charge in [-0.3, -0.25) is 4.79 Å². The van der Waals surface area contributed by atoms with Crippen molar-refractivity contribution in [3.63, 3.8) is 0 Å². The minimum atomic E-state index is -0.961. The molecule has 0 aliphatic carbocycles. The Balaban J connectivity index is 0.00000312. The summed E-state index contributed by atoms with van der Waals surface area (Å²) in [5.74, 6) is 1.57. The lowest BCUT2D eigenvalue weighted by Crippen LogP contribution is -2.42. The molecule has 6 heteroatoms. The first-order valence-corrected chi connectivity index (χ1v) is 10.0. The Morgan fingerprint density at radius 1 is 1.24 bits per heavy atom. The molecule has 1 aromatic rings. The molecule has 0 amide bonds. The standard InChI is InChI=1S/C19H29NO3S.ClH/c1-3-20(4-2)13-10-17(21)23-18(16-8-6-5-7-9-16)19(22)11-14-24-15-12-19;/h5-9,18,22H,3-4,10-15H2,1-2H3;1H. The second-order valence-electron chi connectivity index (χ2n) is 6.27. The number of benzene rings is 1. The Labute approximate surface area is 161 Å². The molecular weight excluding hydrogens is 358 g/mol. The highest BCUT2D eigenvalue weighted by atomic mass is 35.5. The van der Waals surface area contributed by atoms with Gasteiger partial charge in [-0.2, -0.15) is 11.8 Å². The highest BCUT2D eigenvalue weighted by molar-refractivity contribution is 7.99. The van der Waals surface area contributed by atoms with Gasteiger partial charge in [0.25, 0.3) is 0 Å². The van der Waals surface area contributed by atoms with Crippen molar-refractivity contribution in [2.75, 3.05) is 31.1 Å². The number of carbonyl (C=O) groups is 1. The van der Waals surface area contributed by atoms with Gasteiger partial charge in [-0.25, -0.2) is 0 Å². The quantitative estimate of drug-likeness (QED) is 0.689. The molecule has 0 spiro atoms. The monoisotopic (exact) mass is 387 g/mol. The van der Waals surface area contributed by atoms with E-state index in [2.05, 4.69) is 18.7 Å². The third-order valence-corrected chi connectivity index (χ3v) is 5.71. The molecule has 0 bridgehead atoms. The largest absolute Gasteiger partial charge is 0.454 e. The third kappa shape index (κ3) is 6.48. The van der Waals surface area contributed by atoms with Gasteiger partial charge in [0.15, 0.2) is 6.10 Å². The molecular formula is C19H30ClNO3S. The van der Waals surface area contributed by atoms with Crippen LogP contribution in [0.25, 0.3) is 0 Å². The zero-order chi connectivity index (χ0) is 17.4. The van der Waals surface area contributed by atoms with E-state index in [4.69, 9.17) is 4.74 Å². The van der Waals surface area contributed by atoms with Crippen LogP contribution in [0.3, 0.4) is 0 Å². The lowest BCUT2D eigenvalue weighted by molar-refractivity contribution is -0.168. The first kappa shape index (κ1) is 22.3. The molecule has 1 N–H and O–H groups in total. The SMILES string of the molecule is CCN(CC)CCC(=O)OC(c1ccccc1)C1(O)CCSCC1.Cl. The van der Waals surface area contributed by atoms with Crippen LogP contribution in [0, 0.1) is 0 Å². The number of thioether (sulfide) groups is 1. The average molecular weight is 388 g/mol. The van der Waals surface area contributed by atoms with E-state index in [1.165, 1.54) is 0 Å². The van der Waals surface area contributed by atoms with Crippen molar-refractivity contribution in [3.8, 4) is 0 Å². The summed E-state index contributed by atoms with van der Waals surface area (Å²) in [4.78, 5) is 14.6. The molecule has 4 nitrogen and oxygen atoms in total. The molecule has 142 valence electrons. The smallest absolute Gasteiger partial charge is 0.307 e. The zero-order valence-electron chi connectivity index (χ0n) is 15.1. The maximum atomic E-state index is 12.4. The van der Waals surface area contributed by atoms with E-state index in [1.54, 1.807) is 0 Å². The van der Waals surface area contributed by atoms with E-state index in [9.17, 15) is 9.90 Å². The second-order valence-corrected chi connectivity index (χ2v) is 7.50. The summed E-state index contributed by atoms with van der Waals surface area (Å²) in [7, 11) is 0. The third-order valence-electron chi connectivity index (χ3n) is 4.72. The van der Waals surface area contributed by atoms with Gasteiger partial charge in [0.1, 0.15) is 5.60 Å². The number of rotatable bonds is 8. The number of nitrogens with zero attached hydrogens (tertiary/aromatic N) is 1. The van der Waals surface area contributed by atoms with Gasteiger partial charge >= 0.3 is 5.97 Å². The number of halogens is 1. The van der Waals surface area contributed by atoms with Crippen LogP contribution in [-0.4, -0.2) is 52.7 Å². The van der Waals surface area contributed by atoms with Crippen LogP contribution in [0.4, 0.5) is 0 Å². The fourth-order valence-corrected chi connectivity index (χ4v) is 4.28. The summed E-state index contributed by atoms with van der Waals surface area (Å²) in [6, 6.07) is 9.65.